The van der Waals surface area contributed by atoms with E-state index in [1.807, 2.05) is 6.92 Å². The van der Waals surface area contributed by atoms with Crippen LogP contribution in [0.3, 0.4) is 0 Å². The molecule has 1 saturated heterocycles. The van der Waals surface area contributed by atoms with Crippen LogP contribution in [0.1, 0.15) is 39.5 Å². The maximum atomic E-state index is 9.44. The molecule has 3 unspecified atom stereocenters. The number of nitrogens with zero attached hydrogens (tertiary/aromatic N) is 1. The zero-order valence-corrected chi connectivity index (χ0v) is 10.3. The van der Waals surface area contributed by atoms with Crippen molar-refractivity contribution in [2.24, 2.45) is 0 Å². The minimum Gasteiger partial charge on any atom is -0.393 e. The van der Waals surface area contributed by atoms with Gasteiger partial charge in [-0.3, -0.25) is 4.90 Å². The molecule has 1 rings (SSSR count). The van der Waals surface area contributed by atoms with Crippen LogP contribution in [0.4, 0.5) is 0 Å². The summed E-state index contributed by atoms with van der Waals surface area (Å²) in [5, 5.41) is 9.44. The fourth-order valence-electron chi connectivity index (χ4n) is 2.54. The Balaban J connectivity index is 2.37. The summed E-state index contributed by atoms with van der Waals surface area (Å²) in [7, 11) is 1.75. The fraction of sp³-hybridized carbons (Fsp3) is 1.00. The van der Waals surface area contributed by atoms with Crippen LogP contribution >= 0.6 is 0 Å². The van der Waals surface area contributed by atoms with E-state index in [1.54, 1.807) is 7.11 Å². The van der Waals surface area contributed by atoms with E-state index >= 15 is 0 Å². The van der Waals surface area contributed by atoms with E-state index in [0.717, 1.165) is 19.4 Å². The van der Waals surface area contributed by atoms with E-state index in [4.69, 9.17) is 4.74 Å². The molecule has 1 aliphatic heterocycles. The molecule has 0 saturated carbocycles. The molecule has 15 heavy (non-hydrogen) atoms. The molecular weight excluding hydrogens is 190 g/mol. The van der Waals surface area contributed by atoms with Gasteiger partial charge in [0.05, 0.1) is 6.10 Å². The summed E-state index contributed by atoms with van der Waals surface area (Å²) in [6, 6.07) is 1.16. The van der Waals surface area contributed by atoms with Crippen molar-refractivity contribution in [3.05, 3.63) is 0 Å². The lowest BCUT2D eigenvalue weighted by molar-refractivity contribution is 0.0957. The number of likely N-dealkylation sites (tertiary alicyclic amines) is 1. The van der Waals surface area contributed by atoms with Crippen molar-refractivity contribution >= 4 is 0 Å². The molecule has 0 radical (unpaired) electrons. The predicted molar refractivity (Wildman–Crippen MR) is 62.0 cm³/mol. The second-order valence-corrected chi connectivity index (χ2v) is 4.75. The van der Waals surface area contributed by atoms with Crippen LogP contribution in [0.2, 0.25) is 0 Å². The highest BCUT2D eigenvalue weighted by atomic mass is 16.5. The Hall–Kier alpha value is -0.120. The summed E-state index contributed by atoms with van der Waals surface area (Å²) in [6.07, 6.45) is 4.34. The van der Waals surface area contributed by atoms with Gasteiger partial charge in [-0.2, -0.15) is 0 Å². The third-order valence-corrected chi connectivity index (χ3v) is 3.34. The van der Waals surface area contributed by atoms with Gasteiger partial charge in [-0.15, -0.1) is 0 Å². The SMILES string of the molecule is COCCC(C)N1CCCC1CC(C)O. The van der Waals surface area contributed by atoms with Crippen molar-refractivity contribution in [1.82, 2.24) is 4.90 Å². The van der Waals surface area contributed by atoms with Crippen LogP contribution in [-0.4, -0.2) is 48.5 Å². The number of hydrogen-bond donors (Lipinski definition) is 1. The van der Waals surface area contributed by atoms with Crippen LogP contribution in [0.25, 0.3) is 0 Å². The molecule has 1 fully saturated rings. The predicted octanol–water partition coefficient (Wildman–Crippen LogP) is 1.65. The molecule has 0 bridgehead atoms. The molecule has 3 atom stereocenters. The Morgan fingerprint density at radius 1 is 1.47 bits per heavy atom. The summed E-state index contributed by atoms with van der Waals surface area (Å²) in [6.45, 7) is 6.16. The van der Waals surface area contributed by atoms with Gasteiger partial charge in [0.15, 0.2) is 0 Å². The van der Waals surface area contributed by atoms with Gasteiger partial charge in [0.2, 0.25) is 0 Å². The number of hydrogen-bond acceptors (Lipinski definition) is 3. The highest BCUT2D eigenvalue weighted by Crippen LogP contribution is 2.24. The Labute approximate surface area is 93.4 Å². The molecule has 0 aliphatic carbocycles. The third-order valence-electron chi connectivity index (χ3n) is 3.34. The average molecular weight is 215 g/mol. The second-order valence-electron chi connectivity index (χ2n) is 4.75. The first kappa shape index (κ1) is 12.9. The molecule has 0 aromatic rings. The topological polar surface area (TPSA) is 32.7 Å². The molecule has 90 valence electrons. The van der Waals surface area contributed by atoms with Gasteiger partial charge in [-0.05, 0) is 46.1 Å². The first-order chi connectivity index (χ1) is 7.15. The van der Waals surface area contributed by atoms with Gasteiger partial charge in [-0.1, -0.05) is 0 Å². The van der Waals surface area contributed by atoms with E-state index in [2.05, 4.69) is 11.8 Å². The lowest BCUT2D eigenvalue weighted by Gasteiger charge is -2.31. The maximum Gasteiger partial charge on any atom is 0.0527 e. The third kappa shape index (κ3) is 4.09. The lowest BCUT2D eigenvalue weighted by Crippen LogP contribution is -2.39. The van der Waals surface area contributed by atoms with E-state index in [0.29, 0.717) is 12.1 Å². The zero-order valence-electron chi connectivity index (χ0n) is 10.3. The maximum absolute atomic E-state index is 9.44. The summed E-state index contributed by atoms with van der Waals surface area (Å²) >= 11 is 0. The van der Waals surface area contributed by atoms with Crippen LogP contribution in [0.15, 0.2) is 0 Å². The zero-order chi connectivity index (χ0) is 11.3. The van der Waals surface area contributed by atoms with Gasteiger partial charge >= 0.3 is 0 Å². The Morgan fingerprint density at radius 3 is 2.80 bits per heavy atom. The van der Waals surface area contributed by atoms with Crippen molar-refractivity contribution in [1.29, 1.82) is 0 Å². The summed E-state index contributed by atoms with van der Waals surface area (Å²) in [4.78, 5) is 2.53. The quantitative estimate of drug-likeness (QED) is 0.731. The van der Waals surface area contributed by atoms with Crippen molar-refractivity contribution in [3.8, 4) is 0 Å². The van der Waals surface area contributed by atoms with Crippen LogP contribution < -0.4 is 0 Å². The fourth-order valence-corrected chi connectivity index (χ4v) is 2.54. The molecule has 0 aromatic heterocycles. The van der Waals surface area contributed by atoms with Crippen LogP contribution in [-0.2, 0) is 4.74 Å². The molecule has 1 aliphatic rings. The molecular formula is C12H25NO2. The van der Waals surface area contributed by atoms with Crippen molar-refractivity contribution in [3.63, 3.8) is 0 Å². The van der Waals surface area contributed by atoms with Crippen molar-refractivity contribution in [2.45, 2.75) is 57.7 Å². The summed E-state index contributed by atoms with van der Waals surface area (Å²) < 4.78 is 5.11. The Morgan fingerprint density at radius 2 is 2.20 bits per heavy atom. The van der Waals surface area contributed by atoms with Gasteiger partial charge in [-0.25, -0.2) is 0 Å². The highest BCUT2D eigenvalue weighted by molar-refractivity contribution is 4.84. The smallest absolute Gasteiger partial charge is 0.0527 e. The average Bonchev–Trinajstić information content (AvgIpc) is 2.61. The van der Waals surface area contributed by atoms with Gasteiger partial charge in [0.1, 0.15) is 0 Å². The van der Waals surface area contributed by atoms with Crippen LogP contribution in [0, 0.1) is 0 Å². The van der Waals surface area contributed by atoms with E-state index in [9.17, 15) is 5.11 Å². The van der Waals surface area contributed by atoms with Gasteiger partial charge in [0.25, 0.3) is 0 Å². The van der Waals surface area contributed by atoms with Crippen molar-refractivity contribution in [2.75, 3.05) is 20.3 Å². The molecule has 1 heterocycles. The summed E-state index contributed by atoms with van der Waals surface area (Å²) in [5.41, 5.74) is 0. The summed E-state index contributed by atoms with van der Waals surface area (Å²) in [5.74, 6) is 0. The minimum atomic E-state index is -0.176. The number of rotatable bonds is 6. The number of ether oxygens (including phenoxy) is 1. The number of aliphatic hydroxyl groups is 1. The number of aliphatic hydroxyl groups excluding tert-OH is 1. The van der Waals surface area contributed by atoms with Crippen molar-refractivity contribution < 1.29 is 9.84 Å². The van der Waals surface area contributed by atoms with Gasteiger partial charge < -0.3 is 9.84 Å². The monoisotopic (exact) mass is 215 g/mol. The second kappa shape index (κ2) is 6.46. The highest BCUT2D eigenvalue weighted by Gasteiger charge is 2.28. The van der Waals surface area contributed by atoms with Crippen LogP contribution in [0.5, 0.6) is 0 Å². The first-order valence-corrected chi connectivity index (χ1v) is 6.08. The molecule has 3 heteroatoms. The molecule has 1 N–H and O–H groups in total. The minimum absolute atomic E-state index is 0.176. The molecule has 0 aromatic carbocycles. The molecule has 0 amide bonds. The molecule has 3 nitrogen and oxygen atoms in total. The van der Waals surface area contributed by atoms with E-state index in [-0.39, 0.29) is 6.10 Å². The molecule has 0 spiro atoms. The van der Waals surface area contributed by atoms with E-state index in [1.165, 1.54) is 19.4 Å². The van der Waals surface area contributed by atoms with E-state index < -0.39 is 0 Å². The number of methoxy groups -OCH3 is 1. The normalized spacial score (nSPS) is 26.8. The Bertz CT molecular complexity index is 173. The van der Waals surface area contributed by atoms with Gasteiger partial charge in [0, 0.05) is 25.8 Å². The first-order valence-electron chi connectivity index (χ1n) is 6.08. The standard InChI is InChI=1S/C12H25NO2/c1-10(6-8-15-3)13-7-4-5-12(13)9-11(2)14/h10-12,14H,4-9H2,1-3H3. The Kier molecular flexibility index (Phi) is 5.58. The largest absolute Gasteiger partial charge is 0.393 e. The lowest BCUT2D eigenvalue weighted by atomic mass is 10.1.